The number of nitrogens with zero attached hydrogens (tertiary/aromatic N) is 4. The van der Waals surface area contributed by atoms with Crippen molar-refractivity contribution in [1.82, 2.24) is 14.4 Å². The van der Waals surface area contributed by atoms with Crippen molar-refractivity contribution >= 4 is 28.5 Å². The average Bonchev–Trinajstić information content (AvgIpc) is 3.83. The molecule has 12 heteroatoms. The third-order valence-corrected chi connectivity index (χ3v) is 8.55. The number of anilines is 1. The predicted molar refractivity (Wildman–Crippen MR) is 163 cm³/mol. The fourth-order valence-electron chi connectivity index (χ4n) is 5.82. The zero-order valence-electron chi connectivity index (χ0n) is 25.5. The maximum atomic E-state index is 15.7. The number of carbonyl (C=O) groups is 2. The van der Waals surface area contributed by atoms with Gasteiger partial charge in [0.2, 0.25) is 11.3 Å². The number of carboxylic acids is 1. The Kier molecular flexibility index (Phi) is 9.12. The smallest absolute Gasteiger partial charge is 0.341 e. The van der Waals surface area contributed by atoms with E-state index in [1.165, 1.54) is 25.1 Å². The van der Waals surface area contributed by atoms with Crippen molar-refractivity contribution in [2.45, 2.75) is 44.9 Å². The Hall–Kier alpha value is -4.16. The predicted octanol–water partition coefficient (Wildman–Crippen LogP) is 3.28. The Bertz CT molecular complexity index is 1610. The molecular weight excluding hydrogens is 571 g/mol. The van der Waals surface area contributed by atoms with Crippen molar-refractivity contribution in [2.75, 3.05) is 58.4 Å². The topological polar surface area (TPSA) is 125 Å². The number of aromatic nitrogens is 1. The summed E-state index contributed by atoms with van der Waals surface area (Å²) in [5.41, 5.74) is 0.292. The molecule has 2 fully saturated rings. The van der Waals surface area contributed by atoms with E-state index < -0.39 is 23.3 Å². The fourth-order valence-corrected chi connectivity index (χ4v) is 5.82. The molecule has 3 aromatic rings. The molecule has 0 spiro atoms. The largest absolute Gasteiger partial charge is 0.492 e. The van der Waals surface area contributed by atoms with Crippen LogP contribution in [0.2, 0.25) is 0 Å². The Morgan fingerprint density at radius 1 is 1.18 bits per heavy atom. The monoisotopic (exact) mass is 610 g/mol. The number of amides is 1. The summed E-state index contributed by atoms with van der Waals surface area (Å²) in [6, 6.07) is 8.40. The molecule has 1 aromatic heterocycles. The van der Waals surface area contributed by atoms with Gasteiger partial charge in [-0.15, -0.1) is 0 Å². The highest BCUT2D eigenvalue weighted by molar-refractivity contribution is 5.97. The SMILES string of the molecule is COc1c(N2CCN(CCOc3ccc([C@@H](O)CN(C)C(C)=O)cc3)C(C)C2)c(F)cc2c(=O)c(C(=O)O)cn(C3CC3)c12. The number of pyridine rings is 1. The van der Waals surface area contributed by atoms with E-state index in [2.05, 4.69) is 11.8 Å². The number of piperazine rings is 1. The van der Waals surface area contributed by atoms with Crippen LogP contribution in [0.25, 0.3) is 10.9 Å². The normalized spacial score (nSPS) is 17.9. The third kappa shape index (κ3) is 6.36. The Morgan fingerprint density at radius 3 is 2.48 bits per heavy atom. The van der Waals surface area contributed by atoms with Crippen LogP contribution in [0, 0.1) is 5.82 Å². The number of hydrogen-bond donors (Lipinski definition) is 2. The number of methoxy groups -OCH3 is 1. The Morgan fingerprint density at radius 2 is 1.89 bits per heavy atom. The van der Waals surface area contributed by atoms with Crippen LogP contribution in [0.4, 0.5) is 10.1 Å². The first kappa shape index (κ1) is 31.3. The van der Waals surface area contributed by atoms with Gasteiger partial charge in [-0.05, 0) is 43.5 Å². The van der Waals surface area contributed by atoms with E-state index >= 15 is 4.39 Å². The molecule has 44 heavy (non-hydrogen) atoms. The van der Waals surface area contributed by atoms with Crippen molar-refractivity contribution in [3.8, 4) is 11.5 Å². The van der Waals surface area contributed by atoms with Gasteiger partial charge < -0.3 is 34.1 Å². The second-order valence-electron chi connectivity index (χ2n) is 11.6. The first-order valence-electron chi connectivity index (χ1n) is 14.8. The quantitative estimate of drug-likeness (QED) is 0.337. The van der Waals surface area contributed by atoms with Gasteiger partial charge in [0.25, 0.3) is 0 Å². The van der Waals surface area contributed by atoms with Gasteiger partial charge in [-0.3, -0.25) is 14.5 Å². The Labute approximate surface area is 255 Å². The number of benzene rings is 2. The van der Waals surface area contributed by atoms with E-state index in [9.17, 15) is 24.6 Å². The van der Waals surface area contributed by atoms with Gasteiger partial charge in [0.05, 0.1) is 30.7 Å². The molecule has 2 atom stereocenters. The van der Waals surface area contributed by atoms with Crippen LogP contribution in [0.5, 0.6) is 11.5 Å². The number of rotatable bonds is 11. The fraction of sp³-hybridized carbons (Fsp3) is 0.469. The maximum Gasteiger partial charge on any atom is 0.341 e. The van der Waals surface area contributed by atoms with Gasteiger partial charge in [0.15, 0.2) is 11.6 Å². The van der Waals surface area contributed by atoms with Crippen molar-refractivity contribution in [3.05, 3.63) is 63.7 Å². The molecule has 2 heterocycles. The molecule has 2 aliphatic rings. The van der Waals surface area contributed by atoms with Crippen LogP contribution >= 0.6 is 0 Å². The minimum Gasteiger partial charge on any atom is -0.492 e. The molecule has 2 aromatic carbocycles. The number of fused-ring (bicyclic) bond motifs is 1. The van der Waals surface area contributed by atoms with Gasteiger partial charge in [0, 0.05) is 58.4 Å². The molecule has 11 nitrogen and oxygen atoms in total. The summed E-state index contributed by atoms with van der Waals surface area (Å²) in [5.74, 6) is -1.17. The second-order valence-corrected chi connectivity index (χ2v) is 11.6. The summed E-state index contributed by atoms with van der Waals surface area (Å²) in [4.78, 5) is 41.8. The van der Waals surface area contributed by atoms with E-state index in [1.807, 2.05) is 4.90 Å². The lowest BCUT2D eigenvalue weighted by molar-refractivity contribution is -0.128. The zero-order valence-corrected chi connectivity index (χ0v) is 25.5. The van der Waals surface area contributed by atoms with E-state index in [-0.39, 0.29) is 46.9 Å². The summed E-state index contributed by atoms with van der Waals surface area (Å²) >= 11 is 0. The molecule has 1 amide bonds. The molecule has 1 saturated heterocycles. The summed E-state index contributed by atoms with van der Waals surface area (Å²) in [5, 5.41) is 20.0. The summed E-state index contributed by atoms with van der Waals surface area (Å²) in [6.07, 6.45) is 2.26. The highest BCUT2D eigenvalue weighted by atomic mass is 19.1. The van der Waals surface area contributed by atoms with Crippen LogP contribution in [0.3, 0.4) is 0 Å². The van der Waals surface area contributed by atoms with Crippen LogP contribution < -0.4 is 19.8 Å². The summed E-state index contributed by atoms with van der Waals surface area (Å²) < 4.78 is 29.2. The number of aromatic carboxylic acids is 1. The number of carboxylic acid groups (broad SMARTS) is 1. The van der Waals surface area contributed by atoms with E-state index in [0.29, 0.717) is 49.6 Å². The van der Waals surface area contributed by atoms with E-state index in [0.717, 1.165) is 18.9 Å². The van der Waals surface area contributed by atoms with Gasteiger partial charge >= 0.3 is 5.97 Å². The van der Waals surface area contributed by atoms with Crippen molar-refractivity contribution in [1.29, 1.82) is 0 Å². The molecule has 1 saturated carbocycles. The number of halogens is 1. The first-order valence-corrected chi connectivity index (χ1v) is 14.8. The van der Waals surface area contributed by atoms with Gasteiger partial charge in [-0.25, -0.2) is 9.18 Å². The first-order chi connectivity index (χ1) is 21.0. The van der Waals surface area contributed by atoms with Crippen molar-refractivity contribution in [3.63, 3.8) is 0 Å². The molecule has 236 valence electrons. The molecule has 0 radical (unpaired) electrons. The molecular formula is C32H39FN4O7. The van der Waals surface area contributed by atoms with Gasteiger partial charge in [0.1, 0.15) is 23.6 Å². The molecule has 1 unspecified atom stereocenters. The third-order valence-electron chi connectivity index (χ3n) is 8.55. The zero-order chi connectivity index (χ0) is 31.7. The number of carbonyl (C=O) groups excluding carboxylic acids is 1. The lowest BCUT2D eigenvalue weighted by Crippen LogP contribution is -2.53. The van der Waals surface area contributed by atoms with Crippen molar-refractivity contribution in [2.24, 2.45) is 0 Å². The van der Waals surface area contributed by atoms with Crippen LogP contribution in [0.1, 0.15) is 54.8 Å². The number of aliphatic hydroxyl groups is 1. The van der Waals surface area contributed by atoms with Gasteiger partial charge in [-0.1, -0.05) is 12.1 Å². The van der Waals surface area contributed by atoms with Crippen LogP contribution in [-0.4, -0.2) is 96.0 Å². The van der Waals surface area contributed by atoms with E-state index in [1.54, 1.807) is 35.9 Å². The summed E-state index contributed by atoms with van der Waals surface area (Å²) in [7, 11) is 3.09. The highest BCUT2D eigenvalue weighted by Crippen LogP contribution is 2.44. The maximum absolute atomic E-state index is 15.7. The van der Waals surface area contributed by atoms with Crippen LogP contribution in [-0.2, 0) is 4.79 Å². The molecule has 1 aliphatic carbocycles. The lowest BCUT2D eigenvalue weighted by atomic mass is 10.1. The molecule has 5 rings (SSSR count). The van der Waals surface area contributed by atoms with Crippen molar-refractivity contribution < 1.29 is 33.7 Å². The number of hydrogen-bond acceptors (Lipinski definition) is 8. The number of aliphatic hydroxyl groups excluding tert-OH is 1. The number of likely N-dealkylation sites (N-methyl/N-ethyl adjacent to an activating group) is 1. The lowest BCUT2D eigenvalue weighted by Gasteiger charge is -2.41. The number of ether oxygens (including phenoxy) is 2. The summed E-state index contributed by atoms with van der Waals surface area (Å²) in [6.45, 7) is 6.49. The average molecular weight is 611 g/mol. The highest BCUT2D eigenvalue weighted by Gasteiger charge is 2.33. The molecule has 0 bridgehead atoms. The molecule has 1 aliphatic heterocycles. The minimum atomic E-state index is -1.34. The standard InChI is InChI=1S/C32H39FN4O7/c1-19-16-36(12-11-35(19)13-14-44-23-9-5-21(6-10-23)27(39)18-34(3)20(2)38)29-26(33)15-24-28(31(29)43-4)37(22-7-8-22)17-25(30(24)40)32(41)42/h5-6,9-10,15,17,19,22,27,39H,7-8,11-14,16,18H2,1-4H3,(H,41,42)/t19?,27-/m0/s1. The van der Waals surface area contributed by atoms with Gasteiger partial charge in [-0.2, -0.15) is 0 Å². The molecule has 2 N–H and O–H groups in total. The van der Waals surface area contributed by atoms with Crippen LogP contribution in [0.15, 0.2) is 41.3 Å². The Balaban J connectivity index is 1.26. The minimum absolute atomic E-state index is 0.00433. The van der Waals surface area contributed by atoms with E-state index in [4.69, 9.17) is 9.47 Å². The second kappa shape index (κ2) is 12.8.